The summed E-state index contributed by atoms with van der Waals surface area (Å²) in [6.45, 7) is 50.1. The molecule has 0 fully saturated rings. The first-order valence-corrected chi connectivity index (χ1v) is 39.7. The molecule has 0 aliphatic carbocycles. The second kappa shape index (κ2) is 24.4. The predicted molar refractivity (Wildman–Crippen MR) is 253 cm³/mol. The molecule has 305 valence electrons. The van der Waals surface area contributed by atoms with Crippen LogP contribution in [-0.4, -0.2) is 60.6 Å². The number of aliphatic imine (C=N–C) groups is 1. The quantitative estimate of drug-likeness (QED) is 0.150. The average molecular weight is 987 g/mol. The van der Waals surface area contributed by atoms with Crippen molar-refractivity contribution in [3.63, 3.8) is 0 Å². The van der Waals surface area contributed by atoms with Gasteiger partial charge in [0, 0.05) is 0 Å². The molecule has 1 radical (unpaired) electrons. The first kappa shape index (κ1) is 58.7. The summed E-state index contributed by atoms with van der Waals surface area (Å²) in [5.41, 5.74) is 4.67. The normalized spacial score (nSPS) is 12.5. The van der Waals surface area contributed by atoms with Crippen LogP contribution in [0.3, 0.4) is 0 Å². The van der Waals surface area contributed by atoms with Gasteiger partial charge in [0.1, 0.15) is 0 Å². The molecule has 0 unspecified atom stereocenters. The van der Waals surface area contributed by atoms with Gasteiger partial charge < -0.3 is 19.1 Å². The minimum absolute atomic E-state index is 0. The molecule has 0 amide bonds. The number of rotatable bonds is 10. The van der Waals surface area contributed by atoms with E-state index in [1.807, 2.05) is 18.2 Å². The molecule has 0 bridgehead atoms. The molecule has 54 heavy (non-hydrogen) atoms. The summed E-state index contributed by atoms with van der Waals surface area (Å²) in [5, 5.41) is 12.8. The molecule has 0 spiro atoms. The van der Waals surface area contributed by atoms with Gasteiger partial charge in [0.2, 0.25) is 0 Å². The Balaban J connectivity index is -0.000000747. The van der Waals surface area contributed by atoms with Crippen LogP contribution in [0.25, 0.3) is 24.8 Å². The van der Waals surface area contributed by atoms with Crippen molar-refractivity contribution < 1.29 is 61.3 Å². The molecular formula is C40H77ErLiN5OSi6. The Morgan fingerprint density at radius 3 is 1.17 bits per heavy atom. The van der Waals surface area contributed by atoms with Crippen LogP contribution in [0.5, 0.6) is 5.75 Å². The fourth-order valence-corrected chi connectivity index (χ4v) is 30.2. The fraction of sp³-hybridized carbons (Fsp3) is 0.600. The van der Waals surface area contributed by atoms with E-state index < -0.39 is 49.4 Å². The van der Waals surface area contributed by atoms with Gasteiger partial charge in [-0.25, -0.2) is 4.98 Å². The summed E-state index contributed by atoms with van der Waals surface area (Å²) in [6.07, 6.45) is 1.76. The molecule has 2 aromatic carbocycles. The zero-order valence-electron chi connectivity index (χ0n) is 38.8. The van der Waals surface area contributed by atoms with Gasteiger partial charge in [-0.2, -0.15) is 0 Å². The smallest absolute Gasteiger partial charge is 0.871 e. The van der Waals surface area contributed by atoms with Crippen molar-refractivity contribution in [2.75, 3.05) is 0 Å². The van der Waals surface area contributed by atoms with Gasteiger partial charge in [0.25, 0.3) is 0 Å². The molecule has 14 heteroatoms. The topological polar surface area (TPSA) is 90.6 Å². The van der Waals surface area contributed by atoms with E-state index in [0.29, 0.717) is 23.0 Å². The van der Waals surface area contributed by atoms with Crippen LogP contribution >= 0.6 is 0 Å². The van der Waals surface area contributed by atoms with E-state index in [0.717, 1.165) is 11.1 Å². The number of benzene rings is 2. The first-order chi connectivity index (χ1) is 23.1. The van der Waals surface area contributed by atoms with Gasteiger partial charge in [-0.3, -0.25) is 4.99 Å². The molecule has 0 saturated heterocycles. The summed E-state index contributed by atoms with van der Waals surface area (Å²) >= 11 is 0. The Morgan fingerprint density at radius 1 is 0.537 bits per heavy atom. The Labute approximate surface area is 382 Å². The fourth-order valence-electron chi connectivity index (χ4n) is 6.02. The third kappa shape index (κ3) is 29.5. The second-order valence-corrected chi connectivity index (χ2v) is 49.0. The van der Waals surface area contributed by atoms with Crippen LogP contribution < -0.4 is 24.0 Å². The van der Waals surface area contributed by atoms with Crippen molar-refractivity contribution in [1.82, 2.24) is 4.98 Å². The number of hydrogen-bond donors (Lipinski definition) is 0. The van der Waals surface area contributed by atoms with Gasteiger partial charge in [0.05, 0.1) is 23.1 Å². The summed E-state index contributed by atoms with van der Waals surface area (Å²) in [6, 6.07) is 15.4. The maximum absolute atomic E-state index is 12.0. The molecule has 1 aromatic heterocycles. The van der Waals surface area contributed by atoms with Crippen LogP contribution in [0.15, 0.2) is 53.5 Å². The van der Waals surface area contributed by atoms with E-state index in [4.69, 9.17) is 18.9 Å². The average Bonchev–Trinajstić information content (AvgIpc) is 2.87. The maximum Gasteiger partial charge on any atom is 3.00 e. The van der Waals surface area contributed by atoms with Crippen molar-refractivity contribution in [2.24, 2.45) is 4.99 Å². The van der Waals surface area contributed by atoms with Crippen LogP contribution in [0.1, 0.15) is 56.4 Å². The van der Waals surface area contributed by atoms with E-state index in [1.54, 1.807) is 18.3 Å². The minimum atomic E-state index is -1.11. The molecule has 0 aliphatic heterocycles. The van der Waals surface area contributed by atoms with Crippen molar-refractivity contribution in [3.05, 3.63) is 79.3 Å². The molecule has 1 heterocycles. The van der Waals surface area contributed by atoms with E-state index in [1.165, 1.54) is 11.1 Å². The van der Waals surface area contributed by atoms with Gasteiger partial charge in [0.15, 0.2) is 0 Å². The summed E-state index contributed by atoms with van der Waals surface area (Å²) < 4.78 is 14.5. The molecule has 0 atom stereocenters. The summed E-state index contributed by atoms with van der Waals surface area (Å²) in [4.78, 5) is 9.24. The number of pyridine rings is 1. The third-order valence-corrected chi connectivity index (χ3v) is 22.5. The monoisotopic (exact) mass is 984 g/mol. The number of aromatic nitrogens is 1. The van der Waals surface area contributed by atoms with Gasteiger partial charge in [-0.15, -0.1) is 0 Å². The van der Waals surface area contributed by atoms with Crippen molar-refractivity contribution in [1.29, 1.82) is 0 Å². The molecular weight excluding hydrogens is 909 g/mol. The Kier molecular flexibility index (Phi) is 26.5. The van der Waals surface area contributed by atoms with Crippen molar-refractivity contribution in [2.45, 2.75) is 157 Å². The Bertz CT molecular complexity index is 1430. The zero-order chi connectivity index (χ0) is 41.1. The molecule has 3 rings (SSSR count). The van der Waals surface area contributed by atoms with Gasteiger partial charge >= 0.3 is 56.2 Å². The largest absolute Gasteiger partial charge is 3.00 e. The Hall–Kier alpha value is 0.345. The van der Waals surface area contributed by atoms with Crippen molar-refractivity contribution >= 4 is 72.2 Å². The summed E-state index contributed by atoms with van der Waals surface area (Å²) in [7, 11) is -6.64. The van der Waals surface area contributed by atoms with E-state index in [-0.39, 0.29) is 61.9 Å². The summed E-state index contributed by atoms with van der Waals surface area (Å²) in [5.74, 6) is 0.727. The van der Waals surface area contributed by atoms with Crippen LogP contribution in [0.2, 0.25) is 118 Å². The molecule has 3 aromatic rings. The van der Waals surface area contributed by atoms with Crippen LogP contribution in [0, 0.1) is 37.3 Å². The zero-order valence-corrected chi connectivity index (χ0v) is 46.6. The standard InChI is InChI=1S/C22H24N2O.3C6H18NSi2.Er.Li/c1-14(2)18-8-6-9-19(15(3)4)22(18)23-13-17-12-11-16-7-5-10-20(25)21(16)24-17;3*1-8(2,3)7-9(4,5)6;;/h5-15,25H,1-4H3;3*1-6H3;;/q;3*-1;+3;+1/p-1. The first-order valence-electron chi connectivity index (χ1n) is 19.0. The number of nitrogens with zero attached hydrogens (tertiary/aromatic N) is 5. The number of hydrogen-bond acceptors (Lipinski definition) is 3. The van der Waals surface area contributed by atoms with Gasteiger partial charge in [-0.05, 0) is 34.4 Å². The maximum atomic E-state index is 12.0. The van der Waals surface area contributed by atoms with Crippen molar-refractivity contribution in [3.8, 4) is 5.75 Å². The van der Waals surface area contributed by atoms with E-state index in [2.05, 4.69) is 169 Å². The number of fused-ring (bicyclic) bond motifs is 1. The van der Waals surface area contributed by atoms with Crippen LogP contribution in [-0.2, 0) is 0 Å². The second-order valence-electron chi connectivity index (χ2n) is 20.3. The van der Waals surface area contributed by atoms with E-state index >= 15 is 0 Å². The SMILES string of the molecule is CC(C)c1cccc(C(C)C)c1N=Cc1ccc2cccc([O-])c2n1.C[Si](C)(C)[N-][Si](C)(C)C.C[Si](C)(C)[N-][Si](C)(C)C.C[Si](C)(C)[N-][Si](C)(C)C.[Er+3].[Li+]. The molecule has 6 nitrogen and oxygen atoms in total. The van der Waals surface area contributed by atoms with Gasteiger partial charge in [-0.1, -0.05) is 243 Å². The number of para-hydroxylation sites is 2. The Morgan fingerprint density at radius 2 is 0.870 bits per heavy atom. The molecule has 0 aliphatic rings. The van der Waals surface area contributed by atoms with E-state index in [9.17, 15) is 5.11 Å². The van der Waals surface area contributed by atoms with Crippen LogP contribution in [0.4, 0.5) is 5.69 Å². The molecule has 0 saturated carbocycles. The third-order valence-electron chi connectivity index (χ3n) is 6.39. The minimum Gasteiger partial charge on any atom is -0.871 e. The predicted octanol–water partition coefficient (Wildman–Crippen LogP) is 11.4. The molecule has 0 N–H and O–H groups in total.